The van der Waals surface area contributed by atoms with E-state index in [1.807, 2.05) is 0 Å². The van der Waals surface area contributed by atoms with E-state index in [1.54, 1.807) is 6.92 Å². The van der Waals surface area contributed by atoms with E-state index in [0.29, 0.717) is 24.9 Å². The van der Waals surface area contributed by atoms with Crippen molar-refractivity contribution in [2.45, 2.75) is 63.1 Å². The largest absolute Gasteiger partial charge is 0.454 e. The van der Waals surface area contributed by atoms with Crippen molar-refractivity contribution in [3.8, 4) is 0 Å². The van der Waals surface area contributed by atoms with Gasteiger partial charge in [-0.3, -0.25) is 0 Å². The van der Waals surface area contributed by atoms with Crippen molar-refractivity contribution in [2.75, 3.05) is 20.0 Å². The first-order chi connectivity index (χ1) is 11.6. The molecule has 0 aromatic carbocycles. The summed E-state index contributed by atoms with van der Waals surface area (Å²) in [5.74, 6) is 1.18. The fourth-order valence-electron chi connectivity index (χ4n) is 4.52. The Hall–Kier alpha value is -0.950. The molecule has 2 aliphatic heterocycles. The molecule has 2 heterocycles. The lowest BCUT2D eigenvalue weighted by molar-refractivity contribution is -0.152. The molecule has 6 heteroatoms. The maximum absolute atomic E-state index is 11.7. The molecule has 4 fully saturated rings. The van der Waals surface area contributed by atoms with Crippen molar-refractivity contribution in [2.24, 2.45) is 11.8 Å². The summed E-state index contributed by atoms with van der Waals surface area (Å²) in [5.41, 5.74) is 0.378. The number of ether oxygens (including phenoxy) is 5. The lowest BCUT2D eigenvalue weighted by Crippen LogP contribution is -2.35. The molecule has 0 aromatic rings. The van der Waals surface area contributed by atoms with Crippen molar-refractivity contribution in [1.82, 2.24) is 0 Å². The van der Waals surface area contributed by atoms with Gasteiger partial charge in [0.15, 0.2) is 6.10 Å². The smallest absolute Gasteiger partial charge is 0.333 e. The predicted octanol–water partition coefficient (Wildman–Crippen LogP) is 1.82. The van der Waals surface area contributed by atoms with Gasteiger partial charge in [0.1, 0.15) is 25.1 Å². The molecule has 0 N–H and O–H groups in total. The Morgan fingerprint density at radius 3 is 2.42 bits per heavy atom. The predicted molar refractivity (Wildman–Crippen MR) is 84.2 cm³/mol. The number of fused-ring (bicyclic) bond motifs is 3. The van der Waals surface area contributed by atoms with Gasteiger partial charge in [-0.25, -0.2) is 4.79 Å². The number of carbonyl (C=O) groups excluding carboxylic acids is 1. The van der Waals surface area contributed by atoms with Gasteiger partial charge >= 0.3 is 5.97 Å². The molecule has 2 saturated heterocycles. The van der Waals surface area contributed by atoms with E-state index in [2.05, 4.69) is 6.58 Å². The Morgan fingerprint density at radius 1 is 1.04 bits per heavy atom. The SMILES string of the molecule is C=C(C)C(=O)O[C@H]1CO[C@H]2[C@@H]1OC[C@H]2OCOC1CC2CCC1C2. The average molecular weight is 338 g/mol. The van der Waals surface area contributed by atoms with E-state index in [0.717, 1.165) is 11.8 Å². The van der Waals surface area contributed by atoms with Gasteiger partial charge in [0, 0.05) is 5.57 Å². The van der Waals surface area contributed by atoms with E-state index < -0.39 is 5.97 Å². The maximum atomic E-state index is 11.7. The second-order valence-electron chi connectivity index (χ2n) is 7.52. The highest BCUT2D eigenvalue weighted by atomic mass is 16.7. The zero-order valence-electron chi connectivity index (χ0n) is 14.1. The topological polar surface area (TPSA) is 63.2 Å². The lowest BCUT2D eigenvalue weighted by atomic mass is 9.98. The van der Waals surface area contributed by atoms with Crippen LogP contribution in [0, 0.1) is 11.8 Å². The van der Waals surface area contributed by atoms with Gasteiger partial charge in [-0.05, 0) is 44.4 Å². The zero-order valence-corrected chi connectivity index (χ0v) is 14.1. The minimum Gasteiger partial charge on any atom is -0.454 e. The summed E-state index contributed by atoms with van der Waals surface area (Å²) in [7, 11) is 0. The van der Waals surface area contributed by atoms with Crippen LogP contribution in [0.4, 0.5) is 0 Å². The summed E-state index contributed by atoms with van der Waals surface area (Å²) < 4.78 is 28.7. The van der Waals surface area contributed by atoms with Gasteiger partial charge in [0.05, 0.1) is 19.3 Å². The molecule has 0 aromatic heterocycles. The van der Waals surface area contributed by atoms with E-state index in [9.17, 15) is 4.79 Å². The van der Waals surface area contributed by atoms with Crippen LogP contribution >= 0.6 is 0 Å². The van der Waals surface area contributed by atoms with E-state index in [-0.39, 0.29) is 31.2 Å². The van der Waals surface area contributed by atoms with Crippen LogP contribution < -0.4 is 0 Å². The van der Waals surface area contributed by atoms with Crippen molar-refractivity contribution < 1.29 is 28.5 Å². The van der Waals surface area contributed by atoms with Crippen LogP contribution in [0.15, 0.2) is 12.2 Å². The number of carbonyl (C=O) groups is 1. The monoisotopic (exact) mass is 338 g/mol. The Labute approximate surface area is 142 Å². The van der Waals surface area contributed by atoms with Crippen molar-refractivity contribution in [1.29, 1.82) is 0 Å². The summed E-state index contributed by atoms with van der Waals surface area (Å²) in [6.07, 6.45) is 4.50. The molecule has 4 rings (SSSR count). The quantitative estimate of drug-likeness (QED) is 0.418. The summed E-state index contributed by atoms with van der Waals surface area (Å²) in [6.45, 7) is 6.28. The minimum absolute atomic E-state index is 0.165. The van der Waals surface area contributed by atoms with Gasteiger partial charge in [-0.15, -0.1) is 0 Å². The molecule has 7 atom stereocenters. The van der Waals surface area contributed by atoms with E-state index in [1.165, 1.54) is 25.7 Å². The van der Waals surface area contributed by atoms with Gasteiger partial charge in [0.25, 0.3) is 0 Å². The Kier molecular flexibility index (Phi) is 4.64. The maximum Gasteiger partial charge on any atom is 0.333 e. The Balaban J connectivity index is 1.22. The first-order valence-electron chi connectivity index (χ1n) is 8.94. The van der Waals surface area contributed by atoms with Gasteiger partial charge in [-0.1, -0.05) is 6.58 Å². The van der Waals surface area contributed by atoms with Gasteiger partial charge in [-0.2, -0.15) is 0 Å². The average Bonchev–Trinajstić information content (AvgIpc) is 3.30. The van der Waals surface area contributed by atoms with Crippen LogP contribution in [0.2, 0.25) is 0 Å². The Bertz CT molecular complexity index is 506. The standard InChI is InChI=1S/C18H26O6/c1-10(2)18(19)24-15-8-21-16-14(7-20-17(15)16)23-9-22-13-6-11-3-4-12(13)5-11/h11-17H,1,3-9H2,2H3/t11?,12?,13?,14-,15+,16-,17-/m1/s1. The zero-order chi connectivity index (χ0) is 16.7. The molecule has 2 saturated carbocycles. The van der Waals surface area contributed by atoms with Gasteiger partial charge in [0.2, 0.25) is 0 Å². The molecule has 0 amide bonds. The highest BCUT2D eigenvalue weighted by molar-refractivity contribution is 5.87. The van der Waals surface area contributed by atoms with Crippen LogP contribution in [0.5, 0.6) is 0 Å². The second kappa shape index (κ2) is 6.75. The third-order valence-electron chi connectivity index (χ3n) is 5.81. The third-order valence-corrected chi connectivity index (χ3v) is 5.81. The molecule has 0 spiro atoms. The molecule has 2 bridgehead atoms. The molecular weight excluding hydrogens is 312 g/mol. The molecule has 6 nitrogen and oxygen atoms in total. The van der Waals surface area contributed by atoms with Crippen molar-refractivity contribution >= 4 is 5.97 Å². The van der Waals surface area contributed by atoms with Crippen molar-refractivity contribution in [3.05, 3.63) is 12.2 Å². The van der Waals surface area contributed by atoms with E-state index in [4.69, 9.17) is 23.7 Å². The van der Waals surface area contributed by atoms with Crippen LogP contribution in [-0.2, 0) is 28.5 Å². The van der Waals surface area contributed by atoms with Crippen LogP contribution in [0.3, 0.4) is 0 Å². The van der Waals surface area contributed by atoms with Crippen LogP contribution in [0.1, 0.15) is 32.6 Å². The molecule has 134 valence electrons. The molecule has 0 radical (unpaired) electrons. The summed E-state index contributed by atoms with van der Waals surface area (Å²) in [6, 6.07) is 0. The number of hydrogen-bond donors (Lipinski definition) is 0. The van der Waals surface area contributed by atoms with E-state index >= 15 is 0 Å². The van der Waals surface area contributed by atoms with Crippen LogP contribution in [-0.4, -0.2) is 56.5 Å². The number of esters is 1. The molecule has 3 unspecified atom stereocenters. The molecule has 4 aliphatic rings. The summed E-state index contributed by atoms with van der Waals surface area (Å²) in [4.78, 5) is 11.7. The number of hydrogen-bond acceptors (Lipinski definition) is 6. The molecule has 2 aliphatic carbocycles. The van der Waals surface area contributed by atoms with Crippen molar-refractivity contribution in [3.63, 3.8) is 0 Å². The minimum atomic E-state index is -0.406. The third kappa shape index (κ3) is 3.12. The number of rotatable bonds is 6. The van der Waals surface area contributed by atoms with Gasteiger partial charge < -0.3 is 23.7 Å². The highest BCUT2D eigenvalue weighted by Crippen LogP contribution is 2.45. The summed E-state index contributed by atoms with van der Waals surface area (Å²) >= 11 is 0. The first-order valence-corrected chi connectivity index (χ1v) is 8.94. The summed E-state index contributed by atoms with van der Waals surface area (Å²) in [5, 5.41) is 0. The fraction of sp³-hybridized carbons (Fsp3) is 0.833. The molecule has 24 heavy (non-hydrogen) atoms. The Morgan fingerprint density at radius 2 is 1.75 bits per heavy atom. The normalized spacial score (nSPS) is 43.1. The first kappa shape index (κ1) is 16.5. The second-order valence-corrected chi connectivity index (χ2v) is 7.52. The fourth-order valence-corrected chi connectivity index (χ4v) is 4.52. The highest BCUT2D eigenvalue weighted by Gasteiger charge is 2.50. The molecular formula is C18H26O6. The lowest BCUT2D eigenvalue weighted by Gasteiger charge is -2.23. The van der Waals surface area contributed by atoms with Crippen LogP contribution in [0.25, 0.3) is 0 Å².